The maximum atomic E-state index is 10.0. The summed E-state index contributed by atoms with van der Waals surface area (Å²) in [6.45, 7) is 0. The maximum absolute atomic E-state index is 10.0. The molecule has 8 aromatic heterocycles. The lowest BCUT2D eigenvalue weighted by Crippen LogP contribution is -2.32. The Bertz CT molecular complexity index is 6360. The van der Waals surface area contributed by atoms with Gasteiger partial charge in [-0.1, -0.05) is 121 Å². The fraction of sp³-hybridized carbons (Fsp3) is 0.0119. The normalized spacial score (nSPS) is 13.0. The van der Waals surface area contributed by atoms with Gasteiger partial charge in [-0.2, -0.15) is 10.5 Å². The molecule has 21 rings (SSSR count). The second kappa shape index (κ2) is 18.9. The van der Waals surface area contributed by atoms with Crippen LogP contribution in [0.4, 0.5) is 0 Å². The molecule has 1 spiro atoms. The van der Waals surface area contributed by atoms with E-state index in [1.165, 1.54) is 32.3 Å². The van der Waals surface area contributed by atoms with Crippen molar-refractivity contribution >= 4 is 109 Å². The molecule has 19 aromatic rings. The van der Waals surface area contributed by atoms with Crippen molar-refractivity contribution in [1.29, 1.82) is 10.5 Å². The molecule has 0 radical (unpaired) electrons. The third-order valence-corrected chi connectivity index (χ3v) is 20.3. The van der Waals surface area contributed by atoms with Gasteiger partial charge in [0, 0.05) is 112 Å². The number of aromatic nitrogens is 8. The minimum absolute atomic E-state index is 0.555. The van der Waals surface area contributed by atoms with Gasteiger partial charge < -0.3 is 27.6 Å². The van der Waals surface area contributed by atoms with Crippen LogP contribution in [0.25, 0.3) is 149 Å². The third-order valence-electron chi connectivity index (χ3n) is 20.3. The van der Waals surface area contributed by atoms with Crippen LogP contribution in [-0.2, 0) is 5.41 Å². The molecule has 11 aromatic carbocycles. The van der Waals surface area contributed by atoms with Gasteiger partial charge in [-0.15, -0.1) is 0 Å². The quantitative estimate of drug-likeness (QED) is 0.169. The van der Waals surface area contributed by atoms with Gasteiger partial charge in [0.2, 0.25) is 0 Å². The SMILES string of the molecule is N#Cc1ccc2c(c1)c1cc(C#N)ccc1n2-c1ccc2c(c1)c1ccncc1n2-c1ccc2c(c1)Oc1cc(-n3c4ccccc4c4ccccc43)ccc1C21c2cc(-n3c4ccccc4c4ccccc43)cnc2-c2ncc(-n3c4ccccc4c4ccccc43)cc21. The molecule has 2 aliphatic rings. The van der Waals surface area contributed by atoms with Crippen LogP contribution in [0.15, 0.2) is 280 Å². The first kappa shape index (κ1) is 51.4. The second-order valence-corrected chi connectivity index (χ2v) is 25.0. The van der Waals surface area contributed by atoms with Crippen molar-refractivity contribution in [3.63, 3.8) is 0 Å². The molecular weight excluding hydrogens is 1160 g/mol. The van der Waals surface area contributed by atoms with Crippen LogP contribution in [0, 0.1) is 22.7 Å². The fourth-order valence-corrected chi connectivity index (χ4v) is 16.5. The molecule has 0 N–H and O–H groups in total. The van der Waals surface area contributed by atoms with Crippen molar-refractivity contribution in [3.8, 4) is 63.5 Å². The van der Waals surface area contributed by atoms with Crippen molar-refractivity contribution in [1.82, 2.24) is 37.8 Å². The summed E-state index contributed by atoms with van der Waals surface area (Å²) in [6.07, 6.45) is 7.85. The van der Waals surface area contributed by atoms with Crippen LogP contribution >= 0.6 is 0 Å². The van der Waals surface area contributed by atoms with E-state index in [-0.39, 0.29) is 0 Å². The minimum Gasteiger partial charge on any atom is -0.457 e. The van der Waals surface area contributed by atoms with Gasteiger partial charge in [-0.05, 0) is 121 Å². The van der Waals surface area contributed by atoms with Crippen molar-refractivity contribution in [2.75, 3.05) is 0 Å². The highest BCUT2D eigenvalue weighted by atomic mass is 16.5. The predicted octanol–water partition coefficient (Wildman–Crippen LogP) is 19.6. The number of pyridine rings is 3. The Morgan fingerprint density at radius 2 is 0.621 bits per heavy atom. The number of hydrogen-bond acceptors (Lipinski definition) is 6. The van der Waals surface area contributed by atoms with Crippen molar-refractivity contribution in [2.45, 2.75) is 5.41 Å². The van der Waals surface area contributed by atoms with E-state index in [0.29, 0.717) is 22.6 Å². The summed E-state index contributed by atoms with van der Waals surface area (Å²) in [5.74, 6) is 1.40. The highest BCUT2D eigenvalue weighted by Gasteiger charge is 2.53. The Kier molecular flexibility index (Phi) is 10.2. The van der Waals surface area contributed by atoms with E-state index < -0.39 is 5.41 Å². The van der Waals surface area contributed by atoms with Crippen LogP contribution in [0.2, 0.25) is 0 Å². The molecule has 0 atom stereocenters. The Labute approximate surface area is 540 Å². The zero-order valence-corrected chi connectivity index (χ0v) is 50.4. The molecule has 11 nitrogen and oxygen atoms in total. The summed E-state index contributed by atoms with van der Waals surface area (Å²) >= 11 is 0. The molecule has 95 heavy (non-hydrogen) atoms. The highest BCUT2D eigenvalue weighted by Crippen LogP contribution is 2.63. The van der Waals surface area contributed by atoms with E-state index >= 15 is 0 Å². The smallest absolute Gasteiger partial charge is 0.134 e. The Morgan fingerprint density at radius 1 is 0.284 bits per heavy atom. The zero-order chi connectivity index (χ0) is 62.4. The monoisotopic (exact) mass is 1210 g/mol. The summed E-state index contributed by atoms with van der Waals surface area (Å²) in [6, 6.07) is 95.0. The molecule has 0 fully saturated rings. The Hall–Kier alpha value is -13.4. The summed E-state index contributed by atoms with van der Waals surface area (Å²) < 4.78 is 19.3. The largest absolute Gasteiger partial charge is 0.457 e. The third kappa shape index (κ3) is 6.81. The van der Waals surface area contributed by atoms with E-state index in [2.05, 4.69) is 253 Å². The molecule has 1 aliphatic heterocycles. The summed E-state index contributed by atoms with van der Waals surface area (Å²) in [4.78, 5) is 16.0. The molecule has 11 heteroatoms. The maximum Gasteiger partial charge on any atom is 0.134 e. The molecule has 0 amide bonds. The summed E-state index contributed by atoms with van der Waals surface area (Å²) in [5.41, 5.74) is 20.5. The van der Waals surface area contributed by atoms with E-state index in [9.17, 15) is 10.5 Å². The lowest BCUT2D eigenvalue weighted by Gasteiger charge is -2.39. The van der Waals surface area contributed by atoms with Crippen molar-refractivity contribution in [3.05, 3.63) is 313 Å². The molecule has 1 aliphatic carbocycles. The molecule has 438 valence electrons. The van der Waals surface area contributed by atoms with Crippen molar-refractivity contribution < 1.29 is 4.74 Å². The lowest BCUT2D eigenvalue weighted by atomic mass is 9.66. The van der Waals surface area contributed by atoms with E-state index in [1.807, 2.05) is 61.2 Å². The number of benzene rings is 11. The van der Waals surface area contributed by atoms with Gasteiger partial charge in [-0.3, -0.25) is 15.0 Å². The average molecular weight is 1210 g/mol. The van der Waals surface area contributed by atoms with Gasteiger partial charge in [-0.25, -0.2) is 0 Å². The van der Waals surface area contributed by atoms with Crippen LogP contribution in [0.3, 0.4) is 0 Å². The van der Waals surface area contributed by atoms with Crippen LogP contribution < -0.4 is 4.74 Å². The number of rotatable bonds is 5. The van der Waals surface area contributed by atoms with Crippen molar-refractivity contribution in [2.24, 2.45) is 0 Å². The fourth-order valence-electron chi connectivity index (χ4n) is 16.5. The Morgan fingerprint density at radius 3 is 1.04 bits per heavy atom. The first-order chi connectivity index (χ1) is 47.0. The number of ether oxygens (including phenoxy) is 1. The number of nitrogens with zero attached hydrogens (tertiary/aromatic N) is 10. The molecular formula is C84H46N10O. The topological polar surface area (TPSA) is 120 Å². The van der Waals surface area contributed by atoms with E-state index in [4.69, 9.17) is 19.7 Å². The summed E-state index contributed by atoms with van der Waals surface area (Å²) in [5, 5.41) is 30.9. The second-order valence-electron chi connectivity index (χ2n) is 25.0. The zero-order valence-electron chi connectivity index (χ0n) is 50.4. The standard InChI is InChI=1S/C84H46N10O/c85-44-49-25-32-76-63(37-49)64-38-50(45-86)26-33-77(64)90(76)51-29-34-78-65(39-51)62-35-36-87-48-79(62)92(78)53-28-31-67-81(43-53)95-80-42-52(91-70-19-7-1-13-56(70)57-14-2-8-20-71(57)91)27-30-66(80)84(67)68-40-54(93-72-21-9-3-15-58(72)59-16-4-10-22-73(59)93)46-88-82(68)83-69(84)41-55(47-89-83)94-74-23-11-5-17-60(74)61-18-6-12-24-75(61)94/h1-43,46-48H. The van der Waals surface area contributed by atoms with Crippen LogP contribution in [0.5, 0.6) is 11.5 Å². The molecule has 0 unspecified atom stereocenters. The molecule has 0 saturated carbocycles. The number of fused-ring (bicyclic) bond motifs is 24. The first-order valence-electron chi connectivity index (χ1n) is 31.7. The minimum atomic E-state index is -1.06. The first-order valence-corrected chi connectivity index (χ1v) is 31.7. The average Bonchev–Trinajstić information content (AvgIpc) is 1.56. The lowest BCUT2D eigenvalue weighted by molar-refractivity contribution is 0.436. The van der Waals surface area contributed by atoms with Gasteiger partial charge in [0.15, 0.2) is 0 Å². The summed E-state index contributed by atoms with van der Waals surface area (Å²) in [7, 11) is 0. The van der Waals surface area contributed by atoms with Gasteiger partial charge in [0.1, 0.15) is 11.5 Å². The Balaban J connectivity index is 0.845. The van der Waals surface area contributed by atoms with Gasteiger partial charge in [0.05, 0.1) is 125 Å². The number of para-hydroxylation sites is 6. The predicted molar refractivity (Wildman–Crippen MR) is 378 cm³/mol. The van der Waals surface area contributed by atoms with E-state index in [0.717, 1.165) is 139 Å². The molecule has 0 saturated heterocycles. The molecule has 0 bridgehead atoms. The molecule has 9 heterocycles. The van der Waals surface area contributed by atoms with Crippen LogP contribution in [-0.4, -0.2) is 37.8 Å². The highest BCUT2D eigenvalue weighted by molar-refractivity contribution is 6.14. The number of hydrogen-bond donors (Lipinski definition) is 0. The van der Waals surface area contributed by atoms with Gasteiger partial charge in [0.25, 0.3) is 0 Å². The van der Waals surface area contributed by atoms with E-state index in [1.54, 1.807) is 0 Å². The van der Waals surface area contributed by atoms with Crippen LogP contribution in [0.1, 0.15) is 33.4 Å². The number of nitriles is 2. The van der Waals surface area contributed by atoms with Gasteiger partial charge >= 0.3 is 0 Å².